The average Bonchev–Trinajstić information content (AvgIpc) is 2.51. The lowest BCUT2D eigenvalue weighted by Crippen LogP contribution is -2.46. The highest BCUT2D eigenvalue weighted by Gasteiger charge is 2.17. The number of nitrogens with one attached hydrogen (secondary N) is 1. The summed E-state index contributed by atoms with van der Waals surface area (Å²) in [4.78, 5) is 14.0. The maximum atomic E-state index is 4.69. The highest BCUT2D eigenvalue weighted by atomic mass is 15.3. The Balaban J connectivity index is 1.95. The van der Waals surface area contributed by atoms with Crippen molar-refractivity contribution in [1.82, 2.24) is 14.9 Å². The average molecular weight is 291 g/mol. The van der Waals surface area contributed by atoms with Gasteiger partial charge in [0.25, 0.3) is 0 Å². The molecule has 0 bridgehead atoms. The molecule has 1 fully saturated rings. The van der Waals surface area contributed by atoms with Crippen molar-refractivity contribution >= 4 is 11.8 Å². The fraction of sp³-hybridized carbons (Fsp3) is 0.750. The Morgan fingerprint density at radius 3 is 2.52 bits per heavy atom. The van der Waals surface area contributed by atoms with E-state index in [1.807, 2.05) is 6.92 Å². The largest absolute Gasteiger partial charge is 0.354 e. The van der Waals surface area contributed by atoms with Crippen molar-refractivity contribution in [3.63, 3.8) is 0 Å². The second-order valence-corrected chi connectivity index (χ2v) is 5.75. The van der Waals surface area contributed by atoms with Gasteiger partial charge in [0, 0.05) is 44.5 Å². The summed E-state index contributed by atoms with van der Waals surface area (Å²) in [6, 6.07) is 2.10. The zero-order valence-electron chi connectivity index (χ0n) is 13.7. The second-order valence-electron chi connectivity index (χ2n) is 5.75. The van der Waals surface area contributed by atoms with Crippen molar-refractivity contribution in [3.8, 4) is 0 Å². The van der Waals surface area contributed by atoms with Crippen LogP contribution in [-0.2, 0) is 0 Å². The number of hydrogen-bond donors (Lipinski definition) is 1. The van der Waals surface area contributed by atoms with Crippen molar-refractivity contribution in [2.45, 2.75) is 40.0 Å². The number of rotatable bonds is 7. The van der Waals surface area contributed by atoms with Crippen LogP contribution in [-0.4, -0.2) is 54.1 Å². The number of likely N-dealkylation sites (N-methyl/N-ethyl adjacent to an activating group) is 1. The smallest absolute Gasteiger partial charge is 0.224 e. The lowest BCUT2D eigenvalue weighted by Gasteiger charge is -2.34. The number of aromatic nitrogens is 2. The topological polar surface area (TPSA) is 44.3 Å². The summed E-state index contributed by atoms with van der Waals surface area (Å²) >= 11 is 0. The first-order valence-corrected chi connectivity index (χ1v) is 8.29. The molecule has 0 aliphatic carbocycles. The number of hydrogen-bond acceptors (Lipinski definition) is 5. The molecule has 0 amide bonds. The van der Waals surface area contributed by atoms with Gasteiger partial charge in [-0.2, -0.15) is 4.98 Å². The molecule has 5 heteroatoms. The van der Waals surface area contributed by atoms with Gasteiger partial charge in [0.2, 0.25) is 5.95 Å². The molecule has 0 radical (unpaired) electrons. The third kappa shape index (κ3) is 4.84. The Morgan fingerprint density at radius 2 is 1.86 bits per heavy atom. The summed E-state index contributed by atoms with van der Waals surface area (Å²) in [7, 11) is 0. The van der Waals surface area contributed by atoms with Crippen LogP contribution in [0.2, 0.25) is 0 Å². The van der Waals surface area contributed by atoms with E-state index in [9.17, 15) is 0 Å². The maximum absolute atomic E-state index is 4.69. The van der Waals surface area contributed by atoms with Gasteiger partial charge in [0.1, 0.15) is 5.82 Å². The Hall–Kier alpha value is -1.36. The molecule has 5 nitrogen and oxygen atoms in total. The van der Waals surface area contributed by atoms with Crippen molar-refractivity contribution < 1.29 is 0 Å². The van der Waals surface area contributed by atoms with E-state index in [2.05, 4.69) is 40.0 Å². The number of nitrogens with zero attached hydrogens (tertiary/aromatic N) is 4. The molecule has 21 heavy (non-hydrogen) atoms. The molecule has 0 spiro atoms. The Labute approximate surface area is 128 Å². The van der Waals surface area contributed by atoms with E-state index in [1.54, 1.807) is 0 Å². The lowest BCUT2D eigenvalue weighted by molar-refractivity contribution is 0.270. The van der Waals surface area contributed by atoms with Gasteiger partial charge in [-0.05, 0) is 19.9 Å². The lowest BCUT2D eigenvalue weighted by atomic mass is 10.2. The summed E-state index contributed by atoms with van der Waals surface area (Å²) in [5.41, 5.74) is 1.04. The standard InChI is InChI=1S/C16H29N5/c1-4-6-7-8-17-16-18-14(3)13-15(19-16)21-11-9-20(5-2)10-12-21/h13H,4-12H2,1-3H3,(H,17,18,19). The van der Waals surface area contributed by atoms with Gasteiger partial charge < -0.3 is 15.1 Å². The van der Waals surface area contributed by atoms with Crippen molar-refractivity contribution in [2.75, 3.05) is 49.5 Å². The van der Waals surface area contributed by atoms with Crippen LogP contribution < -0.4 is 10.2 Å². The molecule has 2 heterocycles. The van der Waals surface area contributed by atoms with Crippen LogP contribution in [0.15, 0.2) is 6.07 Å². The van der Waals surface area contributed by atoms with Crippen LogP contribution in [0.4, 0.5) is 11.8 Å². The quantitative estimate of drug-likeness (QED) is 0.782. The zero-order valence-corrected chi connectivity index (χ0v) is 13.7. The normalized spacial score (nSPS) is 16.2. The minimum absolute atomic E-state index is 0.777. The predicted molar refractivity (Wildman–Crippen MR) is 89.1 cm³/mol. The van der Waals surface area contributed by atoms with E-state index in [0.717, 1.165) is 56.7 Å². The molecule has 2 rings (SSSR count). The molecule has 0 atom stereocenters. The first-order valence-electron chi connectivity index (χ1n) is 8.29. The molecule has 0 aromatic carbocycles. The SMILES string of the molecule is CCCCCNc1nc(C)cc(N2CCN(CC)CC2)n1. The molecule has 1 saturated heterocycles. The van der Waals surface area contributed by atoms with E-state index >= 15 is 0 Å². The molecule has 0 saturated carbocycles. The van der Waals surface area contributed by atoms with Gasteiger partial charge in [-0.3, -0.25) is 0 Å². The van der Waals surface area contributed by atoms with Crippen molar-refractivity contribution in [3.05, 3.63) is 11.8 Å². The van der Waals surface area contributed by atoms with E-state index in [0.29, 0.717) is 0 Å². The molecule has 1 aliphatic heterocycles. The first-order chi connectivity index (χ1) is 10.2. The number of aryl methyl sites for hydroxylation is 1. The molecular formula is C16H29N5. The monoisotopic (exact) mass is 291 g/mol. The Bertz CT molecular complexity index is 427. The van der Waals surface area contributed by atoms with Crippen molar-refractivity contribution in [2.24, 2.45) is 0 Å². The van der Waals surface area contributed by atoms with Crippen LogP contribution in [0.3, 0.4) is 0 Å². The molecular weight excluding hydrogens is 262 g/mol. The fourth-order valence-electron chi connectivity index (χ4n) is 2.66. The molecule has 1 aromatic heterocycles. The highest BCUT2D eigenvalue weighted by molar-refractivity contribution is 5.45. The summed E-state index contributed by atoms with van der Waals surface area (Å²) in [5.74, 6) is 1.84. The molecule has 1 aliphatic rings. The maximum Gasteiger partial charge on any atom is 0.224 e. The van der Waals surface area contributed by atoms with E-state index in [-0.39, 0.29) is 0 Å². The molecule has 1 aromatic rings. The number of anilines is 2. The fourth-order valence-corrected chi connectivity index (χ4v) is 2.66. The number of unbranched alkanes of at least 4 members (excludes halogenated alkanes) is 2. The minimum atomic E-state index is 0.777. The van der Waals surface area contributed by atoms with Crippen LogP contribution in [0.25, 0.3) is 0 Å². The van der Waals surface area contributed by atoms with Crippen LogP contribution in [0.5, 0.6) is 0 Å². The third-order valence-electron chi connectivity index (χ3n) is 4.05. The molecule has 1 N–H and O–H groups in total. The summed E-state index contributed by atoms with van der Waals surface area (Å²) in [6.07, 6.45) is 3.67. The summed E-state index contributed by atoms with van der Waals surface area (Å²) in [5, 5.41) is 3.36. The third-order valence-corrected chi connectivity index (χ3v) is 4.05. The Kier molecular flexibility index (Phi) is 6.23. The molecule has 118 valence electrons. The van der Waals surface area contributed by atoms with E-state index in [1.165, 1.54) is 19.3 Å². The minimum Gasteiger partial charge on any atom is -0.354 e. The van der Waals surface area contributed by atoms with Gasteiger partial charge in [0.15, 0.2) is 0 Å². The molecule has 0 unspecified atom stereocenters. The summed E-state index contributed by atoms with van der Waals surface area (Å²) < 4.78 is 0. The van der Waals surface area contributed by atoms with Gasteiger partial charge in [-0.1, -0.05) is 26.7 Å². The van der Waals surface area contributed by atoms with Crippen LogP contribution >= 0.6 is 0 Å². The summed E-state index contributed by atoms with van der Waals surface area (Å²) in [6.45, 7) is 12.9. The van der Waals surface area contributed by atoms with Gasteiger partial charge >= 0.3 is 0 Å². The van der Waals surface area contributed by atoms with Gasteiger partial charge in [-0.15, -0.1) is 0 Å². The van der Waals surface area contributed by atoms with Crippen LogP contribution in [0, 0.1) is 6.92 Å². The highest BCUT2D eigenvalue weighted by Crippen LogP contribution is 2.17. The van der Waals surface area contributed by atoms with Gasteiger partial charge in [-0.25, -0.2) is 4.98 Å². The van der Waals surface area contributed by atoms with E-state index in [4.69, 9.17) is 4.98 Å². The predicted octanol–water partition coefficient (Wildman–Crippen LogP) is 2.53. The number of piperazine rings is 1. The Morgan fingerprint density at radius 1 is 1.10 bits per heavy atom. The zero-order chi connectivity index (χ0) is 15.1. The van der Waals surface area contributed by atoms with Gasteiger partial charge in [0.05, 0.1) is 0 Å². The van der Waals surface area contributed by atoms with Crippen LogP contribution in [0.1, 0.15) is 38.8 Å². The first kappa shape index (κ1) is 16.0. The van der Waals surface area contributed by atoms with E-state index < -0.39 is 0 Å². The van der Waals surface area contributed by atoms with Crippen molar-refractivity contribution in [1.29, 1.82) is 0 Å². The second kappa shape index (κ2) is 8.17.